The van der Waals surface area contributed by atoms with E-state index < -0.39 is 0 Å². The molecule has 2 N–H and O–H groups in total. The fraction of sp³-hybridized carbons (Fsp3) is 0.250. The molecule has 0 amide bonds. The zero-order valence-corrected chi connectivity index (χ0v) is 8.72. The lowest BCUT2D eigenvalue weighted by atomic mass is 10.1. The normalized spacial score (nSPS) is 16.0. The summed E-state index contributed by atoms with van der Waals surface area (Å²) in [5, 5.41) is 1.93. The van der Waals surface area contributed by atoms with Crippen LogP contribution >= 0.6 is 0 Å². The van der Waals surface area contributed by atoms with E-state index in [9.17, 15) is 0 Å². The molecule has 4 heteroatoms. The number of aromatic nitrogens is 1. The Kier molecular flexibility index (Phi) is 2.15. The Morgan fingerprint density at radius 3 is 2.88 bits per heavy atom. The van der Waals surface area contributed by atoms with Crippen LogP contribution in [0.1, 0.15) is 0 Å². The van der Waals surface area contributed by atoms with Crippen LogP contribution in [0.15, 0.2) is 30.6 Å². The Labute approximate surface area is 93.0 Å². The van der Waals surface area contributed by atoms with Gasteiger partial charge in [-0.05, 0) is 18.2 Å². The van der Waals surface area contributed by atoms with Crippen molar-refractivity contribution in [1.29, 1.82) is 0 Å². The maximum Gasteiger partial charge on any atom is 0.145 e. The van der Waals surface area contributed by atoms with Crippen LogP contribution < -0.4 is 10.5 Å². The van der Waals surface area contributed by atoms with E-state index in [-0.39, 0.29) is 6.10 Å². The van der Waals surface area contributed by atoms with Crippen LogP contribution in [0.5, 0.6) is 5.75 Å². The Bertz CT molecular complexity index is 523. The predicted octanol–water partition coefficient (Wildman–Crippen LogP) is 1.59. The molecule has 0 bridgehead atoms. The Hall–Kier alpha value is -1.81. The lowest BCUT2D eigenvalue weighted by Gasteiger charge is -2.27. The van der Waals surface area contributed by atoms with Crippen LogP contribution in [-0.4, -0.2) is 24.3 Å². The van der Waals surface area contributed by atoms with Crippen molar-refractivity contribution in [3.63, 3.8) is 0 Å². The average molecular weight is 216 g/mol. The van der Waals surface area contributed by atoms with Crippen LogP contribution in [0, 0.1) is 0 Å². The molecule has 0 spiro atoms. The zero-order chi connectivity index (χ0) is 11.0. The number of anilines is 1. The molecule has 0 saturated carbocycles. The third-order valence-electron chi connectivity index (χ3n) is 2.71. The summed E-state index contributed by atoms with van der Waals surface area (Å²) in [7, 11) is 0. The SMILES string of the molecule is Nc1ccc(OC2COC2)c2ccncc12. The minimum Gasteiger partial charge on any atom is -0.485 e. The van der Waals surface area contributed by atoms with E-state index in [4.69, 9.17) is 15.2 Å². The predicted molar refractivity (Wildman–Crippen MR) is 61.4 cm³/mol. The summed E-state index contributed by atoms with van der Waals surface area (Å²) in [5.74, 6) is 0.847. The minimum atomic E-state index is 0.167. The number of ether oxygens (including phenoxy) is 2. The van der Waals surface area contributed by atoms with Gasteiger partial charge in [0.05, 0.1) is 13.2 Å². The van der Waals surface area contributed by atoms with Gasteiger partial charge in [0.15, 0.2) is 0 Å². The van der Waals surface area contributed by atoms with Crippen molar-refractivity contribution in [2.75, 3.05) is 18.9 Å². The average Bonchev–Trinajstić information content (AvgIpc) is 2.26. The molecule has 1 aromatic heterocycles. The first-order chi connectivity index (χ1) is 7.84. The van der Waals surface area contributed by atoms with Crippen LogP contribution in [-0.2, 0) is 4.74 Å². The smallest absolute Gasteiger partial charge is 0.145 e. The molecule has 2 heterocycles. The molecule has 16 heavy (non-hydrogen) atoms. The van der Waals surface area contributed by atoms with Gasteiger partial charge in [-0.2, -0.15) is 0 Å². The molecule has 2 aromatic rings. The second-order valence-electron chi connectivity index (χ2n) is 3.85. The molecule has 1 aromatic carbocycles. The molecule has 1 fully saturated rings. The summed E-state index contributed by atoms with van der Waals surface area (Å²) in [5.41, 5.74) is 6.60. The van der Waals surface area contributed by atoms with E-state index in [0.717, 1.165) is 22.2 Å². The molecule has 1 aliphatic heterocycles. The second kappa shape index (κ2) is 3.64. The van der Waals surface area contributed by atoms with Crippen molar-refractivity contribution in [3.05, 3.63) is 30.6 Å². The van der Waals surface area contributed by atoms with Crippen LogP contribution in [0.4, 0.5) is 5.69 Å². The summed E-state index contributed by atoms with van der Waals surface area (Å²) in [6, 6.07) is 5.66. The van der Waals surface area contributed by atoms with E-state index >= 15 is 0 Å². The number of nitrogens with two attached hydrogens (primary N) is 1. The fourth-order valence-corrected chi connectivity index (χ4v) is 1.75. The van der Waals surface area contributed by atoms with Gasteiger partial charge in [0.2, 0.25) is 0 Å². The number of pyridine rings is 1. The molecule has 0 unspecified atom stereocenters. The van der Waals surface area contributed by atoms with Gasteiger partial charge in [0.25, 0.3) is 0 Å². The van der Waals surface area contributed by atoms with Gasteiger partial charge in [-0.1, -0.05) is 0 Å². The van der Waals surface area contributed by atoms with E-state index in [1.54, 1.807) is 12.4 Å². The number of hydrogen-bond donors (Lipinski definition) is 1. The maximum absolute atomic E-state index is 5.88. The summed E-state index contributed by atoms with van der Waals surface area (Å²) in [4.78, 5) is 4.07. The number of fused-ring (bicyclic) bond motifs is 1. The molecule has 3 rings (SSSR count). The highest BCUT2D eigenvalue weighted by Gasteiger charge is 2.21. The number of rotatable bonds is 2. The lowest BCUT2D eigenvalue weighted by molar-refractivity contribution is -0.0790. The summed E-state index contributed by atoms with van der Waals surface area (Å²) < 4.78 is 10.9. The van der Waals surface area contributed by atoms with E-state index in [0.29, 0.717) is 13.2 Å². The van der Waals surface area contributed by atoms with Gasteiger partial charge < -0.3 is 15.2 Å². The summed E-state index contributed by atoms with van der Waals surface area (Å²) in [6.45, 7) is 1.33. The molecule has 0 atom stereocenters. The molecule has 0 radical (unpaired) electrons. The fourth-order valence-electron chi connectivity index (χ4n) is 1.75. The first-order valence-electron chi connectivity index (χ1n) is 5.21. The Morgan fingerprint density at radius 2 is 2.12 bits per heavy atom. The Balaban J connectivity index is 2.06. The monoisotopic (exact) mass is 216 g/mol. The Morgan fingerprint density at radius 1 is 1.25 bits per heavy atom. The number of nitrogen functional groups attached to an aromatic ring is 1. The van der Waals surface area contributed by atoms with Crippen molar-refractivity contribution < 1.29 is 9.47 Å². The van der Waals surface area contributed by atoms with Gasteiger partial charge in [-0.3, -0.25) is 4.98 Å². The molecule has 82 valence electrons. The van der Waals surface area contributed by atoms with Gasteiger partial charge in [0, 0.05) is 28.9 Å². The number of benzene rings is 1. The molecule has 1 saturated heterocycles. The maximum atomic E-state index is 5.88. The van der Waals surface area contributed by atoms with Crippen molar-refractivity contribution in [1.82, 2.24) is 4.98 Å². The molecule has 4 nitrogen and oxygen atoms in total. The third kappa shape index (κ3) is 1.47. The zero-order valence-electron chi connectivity index (χ0n) is 8.72. The number of nitrogens with zero attached hydrogens (tertiary/aromatic N) is 1. The molecular formula is C12H12N2O2. The van der Waals surface area contributed by atoms with Crippen LogP contribution in [0.2, 0.25) is 0 Å². The van der Waals surface area contributed by atoms with Gasteiger partial charge >= 0.3 is 0 Å². The molecule has 1 aliphatic rings. The summed E-state index contributed by atoms with van der Waals surface area (Å²) in [6.07, 6.45) is 3.67. The first kappa shape index (κ1) is 9.42. The highest BCUT2D eigenvalue weighted by atomic mass is 16.6. The van der Waals surface area contributed by atoms with Gasteiger partial charge in [0.1, 0.15) is 11.9 Å². The first-order valence-corrected chi connectivity index (χ1v) is 5.21. The topological polar surface area (TPSA) is 57.4 Å². The quantitative estimate of drug-likeness (QED) is 0.774. The van der Waals surface area contributed by atoms with E-state index in [1.807, 2.05) is 18.2 Å². The standard InChI is InChI=1S/C12H12N2O2/c13-11-1-2-12(16-8-6-15-7-8)9-3-4-14-5-10(9)11/h1-5,8H,6-7,13H2. The highest BCUT2D eigenvalue weighted by molar-refractivity contribution is 5.96. The van der Waals surface area contributed by atoms with Crippen molar-refractivity contribution in [2.24, 2.45) is 0 Å². The summed E-state index contributed by atoms with van der Waals surface area (Å²) >= 11 is 0. The second-order valence-corrected chi connectivity index (χ2v) is 3.85. The lowest BCUT2D eigenvalue weighted by Crippen LogP contribution is -2.38. The van der Waals surface area contributed by atoms with Gasteiger partial charge in [-0.25, -0.2) is 0 Å². The van der Waals surface area contributed by atoms with E-state index in [1.165, 1.54) is 0 Å². The largest absolute Gasteiger partial charge is 0.485 e. The minimum absolute atomic E-state index is 0.167. The van der Waals surface area contributed by atoms with Crippen molar-refractivity contribution in [3.8, 4) is 5.75 Å². The van der Waals surface area contributed by atoms with Gasteiger partial charge in [-0.15, -0.1) is 0 Å². The van der Waals surface area contributed by atoms with Crippen molar-refractivity contribution >= 4 is 16.5 Å². The van der Waals surface area contributed by atoms with Crippen molar-refractivity contribution in [2.45, 2.75) is 6.10 Å². The highest BCUT2D eigenvalue weighted by Crippen LogP contribution is 2.30. The number of hydrogen-bond acceptors (Lipinski definition) is 4. The molecule has 0 aliphatic carbocycles. The molecular weight excluding hydrogens is 204 g/mol. The van der Waals surface area contributed by atoms with E-state index in [2.05, 4.69) is 4.98 Å². The van der Waals surface area contributed by atoms with Crippen LogP contribution in [0.3, 0.4) is 0 Å². The third-order valence-corrected chi connectivity index (χ3v) is 2.71. The van der Waals surface area contributed by atoms with Crippen LogP contribution in [0.25, 0.3) is 10.8 Å².